The van der Waals surface area contributed by atoms with Crippen LogP contribution in [0.15, 0.2) is 35.5 Å². The predicted octanol–water partition coefficient (Wildman–Crippen LogP) is 3.02. The van der Waals surface area contributed by atoms with Gasteiger partial charge in [-0.05, 0) is 56.5 Å². The van der Waals surface area contributed by atoms with E-state index in [4.69, 9.17) is 10.5 Å². The van der Waals surface area contributed by atoms with Crippen molar-refractivity contribution in [3.05, 3.63) is 47.3 Å². The maximum absolute atomic E-state index is 6.08. The minimum atomic E-state index is 0.0419. The Kier molecular flexibility index (Phi) is 5.38. The van der Waals surface area contributed by atoms with Crippen molar-refractivity contribution in [1.29, 1.82) is 0 Å². The summed E-state index contributed by atoms with van der Waals surface area (Å²) >= 11 is 0. The molecule has 1 aromatic carbocycles. The second kappa shape index (κ2) is 7.70. The normalized spacial score (nSPS) is 20.8. The topological polar surface area (TPSA) is 77.5 Å². The highest BCUT2D eigenvalue weighted by Gasteiger charge is 2.31. The highest BCUT2D eigenvalue weighted by atomic mass is 16.5. The first-order valence-corrected chi connectivity index (χ1v) is 8.85. The summed E-state index contributed by atoms with van der Waals surface area (Å²) in [6, 6.07) is 8.30. The lowest BCUT2D eigenvalue weighted by atomic mass is 9.99. The van der Waals surface area contributed by atoms with Crippen molar-refractivity contribution in [2.45, 2.75) is 39.8 Å². The van der Waals surface area contributed by atoms with Crippen molar-refractivity contribution < 1.29 is 4.74 Å². The van der Waals surface area contributed by atoms with Crippen molar-refractivity contribution in [3.8, 4) is 0 Å². The number of guanidine groups is 1. The largest absolute Gasteiger partial charge is 0.372 e. The number of anilines is 1. The number of nitrogens with zero attached hydrogens (tertiary/aromatic N) is 3. The summed E-state index contributed by atoms with van der Waals surface area (Å²) < 4.78 is 7.93. The summed E-state index contributed by atoms with van der Waals surface area (Å²) in [6.45, 7) is 8.47. The minimum absolute atomic E-state index is 0.0419. The number of aromatic nitrogens is 2. The van der Waals surface area contributed by atoms with E-state index in [0.717, 1.165) is 31.0 Å². The molecule has 134 valence electrons. The lowest BCUT2D eigenvalue weighted by Gasteiger charge is -2.18. The molecular weight excluding hydrogens is 314 g/mol. The molecule has 0 amide bonds. The van der Waals surface area contributed by atoms with Gasteiger partial charge in [0.05, 0.1) is 5.69 Å². The van der Waals surface area contributed by atoms with Crippen LogP contribution in [0.2, 0.25) is 0 Å². The van der Waals surface area contributed by atoms with E-state index in [2.05, 4.69) is 54.4 Å². The van der Waals surface area contributed by atoms with Gasteiger partial charge in [0.25, 0.3) is 0 Å². The van der Waals surface area contributed by atoms with Crippen LogP contribution in [0.1, 0.15) is 36.3 Å². The van der Waals surface area contributed by atoms with Gasteiger partial charge >= 0.3 is 0 Å². The monoisotopic (exact) mass is 341 g/mol. The fraction of sp³-hybridized carbons (Fsp3) is 0.474. The molecule has 25 heavy (non-hydrogen) atoms. The van der Waals surface area contributed by atoms with E-state index >= 15 is 0 Å². The molecule has 0 aliphatic carbocycles. The molecule has 3 rings (SSSR count). The van der Waals surface area contributed by atoms with Crippen molar-refractivity contribution in [2.24, 2.45) is 16.6 Å². The summed E-state index contributed by atoms with van der Waals surface area (Å²) in [5.41, 5.74) is 10.6. The first-order chi connectivity index (χ1) is 12.1. The minimum Gasteiger partial charge on any atom is -0.372 e. The fourth-order valence-corrected chi connectivity index (χ4v) is 3.45. The molecule has 1 aliphatic rings. The maximum atomic E-state index is 6.08. The summed E-state index contributed by atoms with van der Waals surface area (Å²) in [7, 11) is 0. The maximum Gasteiger partial charge on any atom is 0.193 e. The van der Waals surface area contributed by atoms with Gasteiger partial charge in [-0.15, -0.1) is 0 Å². The molecular formula is C19H27N5O. The SMILES string of the molecule is CCn1nccc1[C@@H]1OCC[C@H]1CN=C(N)Nc1cc(C)cc(C)c1. The molecule has 0 unspecified atom stereocenters. The lowest BCUT2D eigenvalue weighted by Crippen LogP contribution is -2.24. The second-order valence-corrected chi connectivity index (χ2v) is 6.64. The Morgan fingerprint density at radius 1 is 1.36 bits per heavy atom. The van der Waals surface area contributed by atoms with Crippen molar-refractivity contribution in [3.63, 3.8) is 0 Å². The van der Waals surface area contributed by atoms with Gasteiger partial charge in [-0.3, -0.25) is 9.67 Å². The van der Waals surface area contributed by atoms with Crippen molar-refractivity contribution in [2.75, 3.05) is 18.5 Å². The predicted molar refractivity (Wildman–Crippen MR) is 101 cm³/mol. The van der Waals surface area contributed by atoms with Crippen LogP contribution < -0.4 is 11.1 Å². The number of hydrogen-bond donors (Lipinski definition) is 2. The summed E-state index contributed by atoms with van der Waals surface area (Å²) in [6.07, 6.45) is 2.86. The van der Waals surface area contributed by atoms with Gasteiger partial charge in [-0.25, -0.2) is 0 Å². The Bertz CT molecular complexity index is 732. The van der Waals surface area contributed by atoms with Gasteiger partial charge in [0.1, 0.15) is 6.10 Å². The van der Waals surface area contributed by atoms with E-state index in [0.29, 0.717) is 18.4 Å². The van der Waals surface area contributed by atoms with Crippen LogP contribution in [0.5, 0.6) is 0 Å². The number of benzene rings is 1. The first-order valence-electron chi connectivity index (χ1n) is 8.85. The summed E-state index contributed by atoms with van der Waals surface area (Å²) in [5.74, 6) is 0.765. The summed E-state index contributed by atoms with van der Waals surface area (Å²) in [4.78, 5) is 4.55. The van der Waals surface area contributed by atoms with Crippen LogP contribution in [0.3, 0.4) is 0 Å². The van der Waals surface area contributed by atoms with Crippen LogP contribution >= 0.6 is 0 Å². The molecule has 6 nitrogen and oxygen atoms in total. The Morgan fingerprint density at radius 2 is 2.12 bits per heavy atom. The van der Waals surface area contributed by atoms with E-state index in [1.54, 1.807) is 0 Å². The van der Waals surface area contributed by atoms with Crippen LogP contribution in [0.4, 0.5) is 5.69 Å². The van der Waals surface area contributed by atoms with E-state index in [1.807, 2.05) is 16.9 Å². The van der Waals surface area contributed by atoms with Gasteiger partial charge in [0.15, 0.2) is 5.96 Å². The average molecular weight is 341 g/mol. The number of rotatable bonds is 5. The van der Waals surface area contributed by atoms with E-state index in [-0.39, 0.29) is 6.10 Å². The molecule has 6 heteroatoms. The van der Waals surface area contributed by atoms with Gasteiger partial charge in [0, 0.05) is 37.5 Å². The molecule has 0 saturated carbocycles. The highest BCUT2D eigenvalue weighted by Crippen LogP contribution is 2.34. The molecule has 0 spiro atoms. The number of nitrogens with two attached hydrogens (primary N) is 1. The van der Waals surface area contributed by atoms with Crippen LogP contribution in [-0.4, -0.2) is 28.9 Å². The highest BCUT2D eigenvalue weighted by molar-refractivity contribution is 5.92. The zero-order chi connectivity index (χ0) is 17.8. The molecule has 0 radical (unpaired) electrons. The zero-order valence-corrected chi connectivity index (χ0v) is 15.2. The molecule has 1 saturated heterocycles. The molecule has 1 aromatic heterocycles. The fourth-order valence-electron chi connectivity index (χ4n) is 3.45. The Morgan fingerprint density at radius 3 is 2.84 bits per heavy atom. The third-order valence-corrected chi connectivity index (χ3v) is 4.54. The van der Waals surface area contributed by atoms with Gasteiger partial charge in [0.2, 0.25) is 0 Å². The lowest BCUT2D eigenvalue weighted by molar-refractivity contribution is 0.0851. The Hall–Kier alpha value is -2.34. The number of nitrogens with one attached hydrogen (secondary N) is 1. The van der Waals surface area contributed by atoms with Crippen LogP contribution in [0.25, 0.3) is 0 Å². The quantitative estimate of drug-likeness (QED) is 0.647. The molecule has 1 fully saturated rings. The average Bonchev–Trinajstić information content (AvgIpc) is 3.20. The van der Waals surface area contributed by atoms with E-state index < -0.39 is 0 Å². The van der Waals surface area contributed by atoms with E-state index in [1.165, 1.54) is 11.1 Å². The molecule has 2 heterocycles. The third kappa shape index (κ3) is 4.20. The number of hydrogen-bond acceptors (Lipinski definition) is 3. The number of aryl methyl sites for hydroxylation is 3. The summed E-state index contributed by atoms with van der Waals surface area (Å²) in [5, 5.41) is 7.53. The zero-order valence-electron chi connectivity index (χ0n) is 15.2. The number of ether oxygens (including phenoxy) is 1. The third-order valence-electron chi connectivity index (χ3n) is 4.54. The second-order valence-electron chi connectivity index (χ2n) is 6.64. The Balaban J connectivity index is 1.65. The Labute approximate surface area is 149 Å². The van der Waals surface area contributed by atoms with Gasteiger partial charge < -0.3 is 15.8 Å². The molecule has 0 bridgehead atoms. The van der Waals surface area contributed by atoms with Gasteiger partial charge in [-0.1, -0.05) is 6.07 Å². The molecule has 1 aliphatic heterocycles. The van der Waals surface area contributed by atoms with Crippen molar-refractivity contribution >= 4 is 11.6 Å². The van der Waals surface area contributed by atoms with Crippen LogP contribution in [-0.2, 0) is 11.3 Å². The van der Waals surface area contributed by atoms with Crippen molar-refractivity contribution in [1.82, 2.24) is 9.78 Å². The molecule has 2 aromatic rings. The molecule has 3 N–H and O–H groups in total. The first kappa shape index (κ1) is 17.5. The molecule has 2 atom stereocenters. The number of aliphatic imine (C=N–C) groups is 1. The smallest absolute Gasteiger partial charge is 0.193 e. The standard InChI is InChI=1S/C19H27N5O/c1-4-24-17(5-7-22-24)18-15(6-8-25-18)12-21-19(20)23-16-10-13(2)9-14(3)11-16/h5,7,9-11,15,18H,4,6,8,12H2,1-3H3,(H3,20,21,23)/t15-,18+/m0/s1. The van der Waals surface area contributed by atoms with Gasteiger partial charge in [-0.2, -0.15) is 5.10 Å². The van der Waals surface area contributed by atoms with Crippen LogP contribution in [0, 0.1) is 19.8 Å². The van der Waals surface area contributed by atoms with E-state index in [9.17, 15) is 0 Å².